The van der Waals surface area contributed by atoms with Gasteiger partial charge < -0.3 is 4.55 Å². The van der Waals surface area contributed by atoms with Crippen molar-refractivity contribution in [1.29, 1.82) is 0 Å². The van der Waals surface area contributed by atoms with E-state index in [2.05, 4.69) is 0 Å². The molecule has 0 heterocycles. The van der Waals surface area contributed by atoms with E-state index in [0.29, 0.717) is 0 Å². The van der Waals surface area contributed by atoms with Crippen LogP contribution in [0.2, 0.25) is 0 Å². The summed E-state index contributed by atoms with van der Waals surface area (Å²) in [5, 5.41) is 1.73. The van der Waals surface area contributed by atoms with Crippen molar-refractivity contribution in [3.05, 3.63) is 42.0 Å². The molecule has 0 saturated heterocycles. The van der Waals surface area contributed by atoms with Crippen molar-refractivity contribution < 1.29 is 42.5 Å². The zero-order valence-corrected chi connectivity index (χ0v) is 11.9. The molecular weight excluding hydrogens is 235 g/mol. The van der Waals surface area contributed by atoms with Crippen LogP contribution in [-0.2, 0) is 10.1 Å². The molecular formula is C11H9NaO3S. The summed E-state index contributed by atoms with van der Waals surface area (Å²) in [7, 11) is -4.36. The number of benzene rings is 2. The van der Waals surface area contributed by atoms with E-state index >= 15 is 0 Å². The first kappa shape index (κ1) is 13.7. The fourth-order valence-corrected chi connectivity index (χ4v) is 2.06. The number of hydrogen-bond donors (Lipinski definition) is 0. The number of aryl methyl sites for hydroxylation is 1. The fourth-order valence-electron chi connectivity index (χ4n) is 1.56. The maximum absolute atomic E-state index is 10.8. The van der Waals surface area contributed by atoms with Crippen LogP contribution in [0, 0.1) is 6.92 Å². The van der Waals surface area contributed by atoms with Crippen LogP contribution in [0.25, 0.3) is 10.8 Å². The Bertz CT molecular complexity index is 620. The molecule has 2 aromatic rings. The Kier molecular flexibility index (Phi) is 4.15. The molecule has 2 rings (SSSR count). The first-order valence-corrected chi connectivity index (χ1v) is 5.84. The Morgan fingerprint density at radius 1 is 1.12 bits per heavy atom. The summed E-state index contributed by atoms with van der Waals surface area (Å²) in [5.74, 6) is 0. The second kappa shape index (κ2) is 4.85. The van der Waals surface area contributed by atoms with Gasteiger partial charge in [0.1, 0.15) is 10.1 Å². The van der Waals surface area contributed by atoms with Gasteiger partial charge in [-0.25, -0.2) is 8.42 Å². The van der Waals surface area contributed by atoms with Gasteiger partial charge in [0.25, 0.3) is 0 Å². The summed E-state index contributed by atoms with van der Waals surface area (Å²) in [6.45, 7) is 1.88. The van der Waals surface area contributed by atoms with Crippen LogP contribution >= 0.6 is 0 Å². The predicted molar refractivity (Wildman–Crippen MR) is 56.6 cm³/mol. The second-order valence-corrected chi connectivity index (χ2v) is 4.79. The van der Waals surface area contributed by atoms with Crippen molar-refractivity contribution in [3.8, 4) is 0 Å². The van der Waals surface area contributed by atoms with Crippen molar-refractivity contribution >= 4 is 20.9 Å². The molecule has 0 spiro atoms. The molecule has 0 amide bonds. The first-order chi connectivity index (χ1) is 6.98. The summed E-state index contributed by atoms with van der Waals surface area (Å²) < 4.78 is 32.5. The van der Waals surface area contributed by atoms with Gasteiger partial charge in [0.15, 0.2) is 0 Å². The van der Waals surface area contributed by atoms with Crippen LogP contribution in [0.1, 0.15) is 5.56 Å². The minimum Gasteiger partial charge on any atom is -0.744 e. The predicted octanol–water partition coefficient (Wildman–Crippen LogP) is -0.944. The fraction of sp³-hybridized carbons (Fsp3) is 0.0909. The molecule has 0 aliphatic carbocycles. The normalized spacial score (nSPS) is 11.1. The molecule has 2 aromatic carbocycles. The van der Waals surface area contributed by atoms with Gasteiger partial charge in [-0.15, -0.1) is 0 Å². The van der Waals surface area contributed by atoms with E-state index in [9.17, 15) is 13.0 Å². The number of rotatable bonds is 1. The van der Waals surface area contributed by atoms with Crippen molar-refractivity contribution in [2.24, 2.45) is 0 Å². The molecule has 5 heteroatoms. The summed E-state index contributed by atoms with van der Waals surface area (Å²) in [5.41, 5.74) is 0.956. The van der Waals surface area contributed by atoms with E-state index < -0.39 is 10.1 Å². The van der Waals surface area contributed by atoms with Gasteiger partial charge in [-0.1, -0.05) is 24.3 Å². The largest absolute Gasteiger partial charge is 1.00 e. The maximum atomic E-state index is 10.8. The zero-order valence-electron chi connectivity index (χ0n) is 9.10. The van der Waals surface area contributed by atoms with E-state index in [0.717, 1.165) is 16.3 Å². The first-order valence-electron chi connectivity index (χ1n) is 4.44. The van der Waals surface area contributed by atoms with E-state index in [1.54, 1.807) is 6.07 Å². The van der Waals surface area contributed by atoms with Gasteiger partial charge in [-0.3, -0.25) is 0 Å². The molecule has 0 saturated carbocycles. The van der Waals surface area contributed by atoms with Crippen molar-refractivity contribution in [2.45, 2.75) is 11.8 Å². The SMILES string of the molecule is Cc1cccc2ccc(S(=O)(=O)[O-])cc12.[Na+]. The Morgan fingerprint density at radius 3 is 2.44 bits per heavy atom. The van der Waals surface area contributed by atoms with Gasteiger partial charge in [0, 0.05) is 0 Å². The summed E-state index contributed by atoms with van der Waals surface area (Å²) in [6, 6.07) is 10.1. The van der Waals surface area contributed by atoms with Crippen LogP contribution in [0.15, 0.2) is 41.3 Å². The van der Waals surface area contributed by atoms with Gasteiger partial charge in [0.2, 0.25) is 0 Å². The van der Waals surface area contributed by atoms with E-state index in [1.165, 1.54) is 12.1 Å². The average Bonchev–Trinajstić information content (AvgIpc) is 2.16. The molecule has 0 fully saturated rings. The van der Waals surface area contributed by atoms with Crippen molar-refractivity contribution in [2.75, 3.05) is 0 Å². The summed E-state index contributed by atoms with van der Waals surface area (Å²) in [4.78, 5) is -0.177. The number of hydrogen-bond acceptors (Lipinski definition) is 3. The number of fused-ring (bicyclic) bond motifs is 1. The van der Waals surface area contributed by atoms with Gasteiger partial charge in [-0.05, 0) is 35.4 Å². The average molecular weight is 244 g/mol. The van der Waals surface area contributed by atoms with Crippen molar-refractivity contribution in [3.63, 3.8) is 0 Å². The Labute approximate surface area is 117 Å². The molecule has 0 aromatic heterocycles. The minimum absolute atomic E-state index is 0. The van der Waals surface area contributed by atoms with Gasteiger partial charge in [-0.2, -0.15) is 0 Å². The summed E-state index contributed by atoms with van der Waals surface area (Å²) >= 11 is 0. The van der Waals surface area contributed by atoms with Crippen LogP contribution in [0.3, 0.4) is 0 Å². The van der Waals surface area contributed by atoms with Gasteiger partial charge in [0.05, 0.1) is 4.90 Å². The van der Waals surface area contributed by atoms with Crippen LogP contribution in [0.5, 0.6) is 0 Å². The van der Waals surface area contributed by atoms with Gasteiger partial charge >= 0.3 is 29.6 Å². The monoisotopic (exact) mass is 244 g/mol. The maximum Gasteiger partial charge on any atom is 1.00 e. The van der Waals surface area contributed by atoms with E-state index in [4.69, 9.17) is 0 Å². The standard InChI is InChI=1S/C11H10O3S.Na/c1-8-3-2-4-9-5-6-10(7-11(8)9)15(12,13)14;/h2-7H,1H3,(H,12,13,14);/q;+1/p-1. The summed E-state index contributed by atoms with van der Waals surface area (Å²) in [6.07, 6.45) is 0. The third-order valence-electron chi connectivity index (χ3n) is 2.36. The van der Waals surface area contributed by atoms with Crippen LogP contribution < -0.4 is 29.6 Å². The third kappa shape index (κ3) is 2.64. The van der Waals surface area contributed by atoms with E-state index in [1.807, 2.05) is 25.1 Å². The molecule has 0 bridgehead atoms. The molecule has 3 nitrogen and oxygen atoms in total. The second-order valence-electron chi connectivity index (χ2n) is 3.41. The molecule has 0 N–H and O–H groups in total. The quantitative estimate of drug-likeness (QED) is 0.480. The van der Waals surface area contributed by atoms with E-state index in [-0.39, 0.29) is 34.5 Å². The van der Waals surface area contributed by atoms with Crippen LogP contribution in [0.4, 0.5) is 0 Å². The molecule has 78 valence electrons. The molecule has 0 aliphatic heterocycles. The minimum atomic E-state index is -4.36. The van der Waals surface area contributed by atoms with Crippen LogP contribution in [-0.4, -0.2) is 13.0 Å². The third-order valence-corrected chi connectivity index (χ3v) is 3.19. The Balaban J connectivity index is 0.00000128. The topological polar surface area (TPSA) is 57.2 Å². The Morgan fingerprint density at radius 2 is 1.81 bits per heavy atom. The molecule has 0 radical (unpaired) electrons. The zero-order chi connectivity index (χ0) is 11.1. The molecule has 0 atom stereocenters. The smallest absolute Gasteiger partial charge is 0.744 e. The molecule has 0 unspecified atom stereocenters. The molecule has 16 heavy (non-hydrogen) atoms. The Hall–Kier alpha value is -0.390. The van der Waals surface area contributed by atoms with Crippen molar-refractivity contribution in [1.82, 2.24) is 0 Å². The molecule has 0 aliphatic rings.